The van der Waals surface area contributed by atoms with Crippen LogP contribution in [0.2, 0.25) is 0 Å². The molecule has 0 saturated carbocycles. The zero-order chi connectivity index (χ0) is 14.5. The lowest BCUT2D eigenvalue weighted by Gasteiger charge is -2.06. The minimum Gasteiger partial charge on any atom is -0.497 e. The van der Waals surface area contributed by atoms with Crippen molar-refractivity contribution >= 4 is 11.6 Å². The molecule has 0 atom stereocenters. The molecule has 0 heterocycles. The summed E-state index contributed by atoms with van der Waals surface area (Å²) in [7, 11) is 1.54. The Morgan fingerprint density at radius 2 is 1.95 bits per heavy atom. The third-order valence-electron chi connectivity index (χ3n) is 2.70. The fraction of sp³-hybridized carbons (Fsp3) is 0.0667. The van der Waals surface area contributed by atoms with Crippen molar-refractivity contribution in [2.45, 2.75) is 0 Å². The molecule has 100 valence electrons. The van der Waals surface area contributed by atoms with Gasteiger partial charge in [0.25, 0.3) is 5.91 Å². The number of hydrogen-bond donors (Lipinski definition) is 1. The molecule has 2 aromatic rings. The van der Waals surface area contributed by atoms with Crippen LogP contribution in [-0.2, 0) is 0 Å². The number of carbonyl (C=O) groups is 1. The maximum absolute atomic E-state index is 13.2. The van der Waals surface area contributed by atoms with Gasteiger partial charge in [0, 0.05) is 11.3 Å². The molecule has 4 nitrogen and oxygen atoms in total. The van der Waals surface area contributed by atoms with Crippen molar-refractivity contribution in [3.05, 3.63) is 59.4 Å². The van der Waals surface area contributed by atoms with E-state index in [0.717, 1.165) is 6.07 Å². The van der Waals surface area contributed by atoms with Gasteiger partial charge >= 0.3 is 0 Å². The van der Waals surface area contributed by atoms with E-state index in [2.05, 4.69) is 5.32 Å². The Morgan fingerprint density at radius 3 is 2.55 bits per heavy atom. The van der Waals surface area contributed by atoms with Crippen LogP contribution in [0.1, 0.15) is 15.9 Å². The van der Waals surface area contributed by atoms with Gasteiger partial charge in [-0.15, -0.1) is 0 Å². The second-order valence-corrected chi connectivity index (χ2v) is 3.99. The number of nitrogens with zero attached hydrogens (tertiary/aromatic N) is 1. The third kappa shape index (κ3) is 2.93. The normalized spacial score (nSPS) is 9.65. The minimum atomic E-state index is -0.616. The molecule has 5 heteroatoms. The molecular weight excluding hydrogens is 259 g/mol. The van der Waals surface area contributed by atoms with E-state index in [-0.39, 0.29) is 11.5 Å². The highest BCUT2D eigenvalue weighted by Gasteiger charge is 2.08. The lowest BCUT2D eigenvalue weighted by atomic mass is 10.1. The topological polar surface area (TPSA) is 62.1 Å². The van der Waals surface area contributed by atoms with E-state index in [4.69, 9.17) is 10.00 Å². The molecule has 0 bridgehead atoms. The molecule has 0 aliphatic rings. The van der Waals surface area contributed by atoms with E-state index >= 15 is 0 Å². The van der Waals surface area contributed by atoms with Gasteiger partial charge in [0.05, 0.1) is 12.7 Å². The van der Waals surface area contributed by atoms with E-state index in [1.54, 1.807) is 30.3 Å². The standard InChI is InChI=1S/C15H11FN2O2/c1-20-13-5-2-10(3-6-13)15(19)18-12-4-7-14(16)11(8-12)9-17/h2-8H,1H3,(H,18,19). The molecular formula is C15H11FN2O2. The van der Waals surface area contributed by atoms with Crippen molar-refractivity contribution in [3.8, 4) is 11.8 Å². The summed E-state index contributed by atoms with van der Waals surface area (Å²) < 4.78 is 18.2. The van der Waals surface area contributed by atoms with Crippen LogP contribution in [0.15, 0.2) is 42.5 Å². The van der Waals surface area contributed by atoms with Gasteiger partial charge < -0.3 is 10.1 Å². The van der Waals surface area contributed by atoms with Crippen LogP contribution in [0, 0.1) is 17.1 Å². The van der Waals surface area contributed by atoms with Crippen molar-refractivity contribution in [1.82, 2.24) is 0 Å². The number of anilines is 1. The average molecular weight is 270 g/mol. The van der Waals surface area contributed by atoms with Crippen molar-refractivity contribution in [3.63, 3.8) is 0 Å². The highest BCUT2D eigenvalue weighted by atomic mass is 19.1. The quantitative estimate of drug-likeness (QED) is 0.932. The number of methoxy groups -OCH3 is 1. The predicted octanol–water partition coefficient (Wildman–Crippen LogP) is 2.96. The lowest BCUT2D eigenvalue weighted by Crippen LogP contribution is -2.12. The Labute approximate surface area is 115 Å². The molecule has 0 radical (unpaired) electrons. The summed E-state index contributed by atoms with van der Waals surface area (Å²) in [6, 6.07) is 12.1. The Hall–Kier alpha value is -2.87. The van der Waals surface area contributed by atoms with Crippen LogP contribution in [0.4, 0.5) is 10.1 Å². The van der Waals surface area contributed by atoms with Gasteiger partial charge in [0.2, 0.25) is 0 Å². The summed E-state index contributed by atoms with van der Waals surface area (Å²) in [6.45, 7) is 0. The monoisotopic (exact) mass is 270 g/mol. The molecule has 0 unspecified atom stereocenters. The summed E-state index contributed by atoms with van der Waals surface area (Å²) >= 11 is 0. The van der Waals surface area contributed by atoms with Crippen LogP contribution in [0.3, 0.4) is 0 Å². The fourth-order valence-corrected chi connectivity index (χ4v) is 1.63. The number of nitriles is 1. The van der Waals surface area contributed by atoms with E-state index in [1.165, 1.54) is 19.2 Å². The van der Waals surface area contributed by atoms with Gasteiger partial charge in [-0.2, -0.15) is 5.26 Å². The summed E-state index contributed by atoms with van der Waals surface area (Å²) in [5, 5.41) is 11.3. The van der Waals surface area contributed by atoms with E-state index in [1.807, 2.05) is 0 Å². The Kier molecular flexibility index (Phi) is 3.96. The number of rotatable bonds is 3. The zero-order valence-corrected chi connectivity index (χ0v) is 10.7. The molecule has 0 aromatic heterocycles. The first kappa shape index (κ1) is 13.6. The van der Waals surface area contributed by atoms with Crippen molar-refractivity contribution in [2.75, 3.05) is 12.4 Å². The number of benzene rings is 2. The minimum absolute atomic E-state index is 0.113. The highest BCUT2D eigenvalue weighted by Crippen LogP contribution is 2.16. The summed E-state index contributed by atoms with van der Waals surface area (Å²) in [5.41, 5.74) is 0.690. The maximum Gasteiger partial charge on any atom is 0.255 e. The molecule has 20 heavy (non-hydrogen) atoms. The molecule has 2 aromatic carbocycles. The van der Waals surface area contributed by atoms with Crippen molar-refractivity contribution in [2.24, 2.45) is 0 Å². The van der Waals surface area contributed by atoms with Gasteiger partial charge in [-0.3, -0.25) is 4.79 Å². The second-order valence-electron chi connectivity index (χ2n) is 3.99. The summed E-state index contributed by atoms with van der Waals surface area (Å²) in [6.07, 6.45) is 0. The van der Waals surface area contributed by atoms with Crippen LogP contribution < -0.4 is 10.1 Å². The van der Waals surface area contributed by atoms with E-state index < -0.39 is 5.82 Å². The van der Waals surface area contributed by atoms with Gasteiger partial charge in [0.15, 0.2) is 0 Å². The van der Waals surface area contributed by atoms with Gasteiger partial charge in [-0.25, -0.2) is 4.39 Å². The van der Waals surface area contributed by atoms with Crippen LogP contribution in [0.25, 0.3) is 0 Å². The Morgan fingerprint density at radius 1 is 1.25 bits per heavy atom. The van der Waals surface area contributed by atoms with E-state index in [9.17, 15) is 9.18 Å². The molecule has 0 saturated heterocycles. The van der Waals surface area contributed by atoms with Gasteiger partial charge in [0.1, 0.15) is 17.6 Å². The first-order valence-corrected chi connectivity index (χ1v) is 5.79. The number of halogens is 1. The molecule has 2 rings (SSSR count). The smallest absolute Gasteiger partial charge is 0.255 e. The predicted molar refractivity (Wildman–Crippen MR) is 72.1 cm³/mol. The van der Waals surface area contributed by atoms with Crippen LogP contribution >= 0.6 is 0 Å². The highest BCUT2D eigenvalue weighted by molar-refractivity contribution is 6.04. The largest absolute Gasteiger partial charge is 0.497 e. The fourth-order valence-electron chi connectivity index (χ4n) is 1.63. The molecule has 1 amide bonds. The van der Waals surface area contributed by atoms with Gasteiger partial charge in [-0.1, -0.05) is 0 Å². The molecule has 0 aliphatic heterocycles. The summed E-state index contributed by atoms with van der Waals surface area (Å²) in [4.78, 5) is 12.0. The average Bonchev–Trinajstić information content (AvgIpc) is 2.49. The molecule has 0 spiro atoms. The number of nitrogens with one attached hydrogen (secondary N) is 1. The lowest BCUT2D eigenvalue weighted by molar-refractivity contribution is 0.102. The number of amides is 1. The summed E-state index contributed by atoms with van der Waals surface area (Å²) in [5.74, 6) is -0.312. The van der Waals surface area contributed by atoms with Crippen molar-refractivity contribution < 1.29 is 13.9 Å². The van der Waals surface area contributed by atoms with Gasteiger partial charge in [-0.05, 0) is 42.5 Å². The Balaban J connectivity index is 2.17. The van der Waals surface area contributed by atoms with Crippen molar-refractivity contribution in [1.29, 1.82) is 5.26 Å². The Bertz CT molecular complexity index is 675. The van der Waals surface area contributed by atoms with Crippen LogP contribution in [0.5, 0.6) is 5.75 Å². The zero-order valence-electron chi connectivity index (χ0n) is 10.7. The molecule has 1 N–H and O–H groups in total. The van der Waals surface area contributed by atoms with Crippen LogP contribution in [-0.4, -0.2) is 13.0 Å². The first-order valence-electron chi connectivity index (χ1n) is 5.79. The third-order valence-corrected chi connectivity index (χ3v) is 2.70. The maximum atomic E-state index is 13.2. The molecule has 0 fully saturated rings. The second kappa shape index (κ2) is 5.85. The SMILES string of the molecule is COc1ccc(C(=O)Nc2ccc(F)c(C#N)c2)cc1. The first-order chi connectivity index (χ1) is 9.63. The number of ether oxygens (including phenoxy) is 1. The molecule has 0 aliphatic carbocycles. The van der Waals surface area contributed by atoms with E-state index in [0.29, 0.717) is 17.0 Å². The number of hydrogen-bond acceptors (Lipinski definition) is 3. The number of carbonyl (C=O) groups excluding carboxylic acids is 1.